The van der Waals surface area contributed by atoms with Crippen LogP contribution >= 0.6 is 27.3 Å². The Morgan fingerprint density at radius 3 is 2.76 bits per heavy atom. The summed E-state index contributed by atoms with van der Waals surface area (Å²) >= 11 is 5.36. The highest BCUT2D eigenvalue weighted by molar-refractivity contribution is 9.10. The molecule has 0 bridgehead atoms. The third-order valence-electron chi connectivity index (χ3n) is 2.77. The van der Waals surface area contributed by atoms with Gasteiger partial charge >= 0.3 is 0 Å². The molecule has 90 valence electrons. The molecule has 1 N–H and O–H groups in total. The third kappa shape index (κ3) is 3.15. The van der Waals surface area contributed by atoms with Gasteiger partial charge in [0.15, 0.2) is 0 Å². The number of likely N-dealkylation sites (N-methyl/N-ethyl adjacent to an activating group) is 1. The Labute approximate surface area is 114 Å². The molecular formula is C13H15BrN2S. The average molecular weight is 311 g/mol. The summed E-state index contributed by atoms with van der Waals surface area (Å²) in [4.78, 5) is 5.72. The molecule has 1 atom stereocenters. The zero-order valence-corrected chi connectivity index (χ0v) is 12.3. The van der Waals surface area contributed by atoms with Crippen LogP contribution in [0.2, 0.25) is 0 Å². The zero-order chi connectivity index (χ0) is 12.3. The van der Waals surface area contributed by atoms with Crippen molar-refractivity contribution in [2.24, 2.45) is 0 Å². The largest absolute Gasteiger partial charge is 0.313 e. The lowest BCUT2D eigenvalue weighted by atomic mass is 10.0. The molecule has 17 heavy (non-hydrogen) atoms. The van der Waals surface area contributed by atoms with E-state index < -0.39 is 0 Å². The minimum atomic E-state index is 0.318. The molecule has 2 aromatic heterocycles. The molecule has 1 unspecified atom stereocenters. The summed E-state index contributed by atoms with van der Waals surface area (Å²) in [6, 6.07) is 6.62. The average Bonchev–Trinajstić information content (AvgIpc) is 2.73. The molecule has 4 heteroatoms. The van der Waals surface area contributed by atoms with Gasteiger partial charge in [-0.25, -0.2) is 0 Å². The highest BCUT2D eigenvalue weighted by Gasteiger charge is 2.13. The quantitative estimate of drug-likeness (QED) is 0.931. The Kier molecular flexibility index (Phi) is 4.31. The van der Waals surface area contributed by atoms with E-state index in [0.29, 0.717) is 6.04 Å². The van der Waals surface area contributed by atoms with Crippen LogP contribution in [0.5, 0.6) is 0 Å². The Bertz CT molecular complexity index is 478. The Hall–Kier alpha value is -0.710. The van der Waals surface area contributed by atoms with E-state index in [-0.39, 0.29) is 0 Å². The summed E-state index contributed by atoms with van der Waals surface area (Å²) in [5, 5.41) is 5.46. The first kappa shape index (κ1) is 12.7. The van der Waals surface area contributed by atoms with Crippen LogP contribution in [0.4, 0.5) is 0 Å². The van der Waals surface area contributed by atoms with Gasteiger partial charge in [0.1, 0.15) is 0 Å². The van der Waals surface area contributed by atoms with Crippen LogP contribution in [0.3, 0.4) is 0 Å². The van der Waals surface area contributed by atoms with Gasteiger partial charge in [-0.2, -0.15) is 0 Å². The maximum absolute atomic E-state index is 4.35. The molecule has 0 amide bonds. The Morgan fingerprint density at radius 2 is 2.24 bits per heavy atom. The predicted molar refractivity (Wildman–Crippen MR) is 76.5 cm³/mol. The van der Waals surface area contributed by atoms with Crippen molar-refractivity contribution < 1.29 is 0 Å². The number of hydrogen-bond donors (Lipinski definition) is 1. The van der Waals surface area contributed by atoms with Crippen molar-refractivity contribution >= 4 is 27.3 Å². The monoisotopic (exact) mass is 310 g/mol. The van der Waals surface area contributed by atoms with E-state index in [0.717, 1.165) is 12.1 Å². The lowest BCUT2D eigenvalue weighted by Gasteiger charge is -2.15. The van der Waals surface area contributed by atoms with E-state index in [4.69, 9.17) is 0 Å². The van der Waals surface area contributed by atoms with Gasteiger partial charge in [0.05, 0.1) is 0 Å². The number of halogens is 1. The molecule has 0 fully saturated rings. The highest BCUT2D eigenvalue weighted by atomic mass is 79.9. The number of nitrogens with one attached hydrogen (secondary N) is 1. The normalized spacial score (nSPS) is 12.6. The topological polar surface area (TPSA) is 24.9 Å². The lowest BCUT2D eigenvalue weighted by Crippen LogP contribution is -2.18. The molecule has 0 aliphatic carbocycles. The van der Waals surface area contributed by atoms with Crippen LogP contribution in [-0.2, 0) is 6.42 Å². The molecule has 0 radical (unpaired) electrons. The van der Waals surface area contributed by atoms with E-state index in [1.165, 1.54) is 14.9 Å². The molecule has 2 rings (SSSR count). The van der Waals surface area contributed by atoms with E-state index >= 15 is 0 Å². The van der Waals surface area contributed by atoms with Crippen molar-refractivity contribution in [3.8, 4) is 0 Å². The molecule has 0 aliphatic heterocycles. The Balaban J connectivity index is 2.17. The fourth-order valence-electron chi connectivity index (χ4n) is 1.73. The van der Waals surface area contributed by atoms with Gasteiger partial charge in [0, 0.05) is 33.7 Å². The smallest absolute Gasteiger partial charge is 0.0382 e. The second kappa shape index (κ2) is 5.76. The van der Waals surface area contributed by atoms with Gasteiger partial charge in [-0.1, -0.05) is 6.07 Å². The first-order valence-corrected chi connectivity index (χ1v) is 7.19. The van der Waals surface area contributed by atoms with Gasteiger partial charge < -0.3 is 5.32 Å². The third-order valence-corrected chi connectivity index (χ3v) is 4.71. The first-order chi connectivity index (χ1) is 8.20. The molecule has 0 spiro atoms. The summed E-state index contributed by atoms with van der Waals surface area (Å²) in [6.07, 6.45) is 2.94. The molecule has 0 aliphatic rings. The van der Waals surface area contributed by atoms with Crippen LogP contribution in [0, 0.1) is 6.92 Å². The molecule has 0 saturated heterocycles. The second-order valence-corrected chi connectivity index (χ2v) is 5.83. The summed E-state index contributed by atoms with van der Waals surface area (Å²) in [5.74, 6) is 0. The van der Waals surface area contributed by atoms with Crippen LogP contribution in [0.1, 0.15) is 22.2 Å². The fourth-order valence-corrected chi connectivity index (χ4v) is 3.29. The van der Waals surface area contributed by atoms with Crippen molar-refractivity contribution in [3.05, 3.63) is 50.4 Å². The SMILES string of the molecule is CNC(Cc1sccc1Br)c1ccc(C)nc1. The minimum Gasteiger partial charge on any atom is -0.313 e. The molecule has 0 saturated carbocycles. The van der Waals surface area contributed by atoms with Gasteiger partial charge in [-0.3, -0.25) is 4.98 Å². The number of aromatic nitrogens is 1. The first-order valence-electron chi connectivity index (χ1n) is 5.52. The van der Waals surface area contributed by atoms with Crippen molar-refractivity contribution in [3.63, 3.8) is 0 Å². The number of rotatable bonds is 4. The Morgan fingerprint density at radius 1 is 1.41 bits per heavy atom. The molecule has 2 nitrogen and oxygen atoms in total. The molecular weight excluding hydrogens is 296 g/mol. The molecule has 0 aromatic carbocycles. The van der Waals surface area contributed by atoms with Crippen molar-refractivity contribution in [1.29, 1.82) is 0 Å². The van der Waals surface area contributed by atoms with Crippen molar-refractivity contribution in [1.82, 2.24) is 10.3 Å². The van der Waals surface area contributed by atoms with E-state index in [2.05, 4.69) is 49.8 Å². The summed E-state index contributed by atoms with van der Waals surface area (Å²) < 4.78 is 1.20. The summed E-state index contributed by atoms with van der Waals surface area (Å²) in [7, 11) is 1.99. The van der Waals surface area contributed by atoms with Crippen molar-refractivity contribution in [2.45, 2.75) is 19.4 Å². The van der Waals surface area contributed by atoms with E-state index in [1.54, 1.807) is 11.3 Å². The lowest BCUT2D eigenvalue weighted by molar-refractivity contribution is 0.593. The zero-order valence-electron chi connectivity index (χ0n) is 9.90. The highest BCUT2D eigenvalue weighted by Crippen LogP contribution is 2.27. The van der Waals surface area contributed by atoms with Crippen LogP contribution in [0.25, 0.3) is 0 Å². The number of thiophene rings is 1. The molecule has 2 aromatic rings. The maximum Gasteiger partial charge on any atom is 0.0382 e. The van der Waals surface area contributed by atoms with Gasteiger partial charge in [-0.15, -0.1) is 11.3 Å². The second-order valence-electron chi connectivity index (χ2n) is 3.97. The van der Waals surface area contributed by atoms with Gasteiger partial charge in [0.2, 0.25) is 0 Å². The van der Waals surface area contributed by atoms with Crippen LogP contribution < -0.4 is 5.32 Å². The standard InChI is InChI=1S/C13H15BrN2S/c1-9-3-4-10(8-16-9)12(15-2)7-13-11(14)5-6-17-13/h3-6,8,12,15H,7H2,1-2H3. The van der Waals surface area contributed by atoms with Crippen molar-refractivity contribution in [2.75, 3.05) is 7.05 Å². The van der Waals surface area contributed by atoms with Gasteiger partial charge in [0.25, 0.3) is 0 Å². The number of pyridine rings is 1. The van der Waals surface area contributed by atoms with E-state index in [1.807, 2.05) is 20.2 Å². The summed E-state index contributed by atoms with van der Waals surface area (Å²) in [5.41, 5.74) is 2.29. The number of aryl methyl sites for hydroxylation is 1. The predicted octanol–water partition coefficient (Wildman–Crippen LogP) is 3.72. The maximum atomic E-state index is 4.35. The summed E-state index contributed by atoms with van der Waals surface area (Å²) in [6.45, 7) is 2.01. The van der Waals surface area contributed by atoms with Crippen LogP contribution in [0.15, 0.2) is 34.2 Å². The number of hydrogen-bond acceptors (Lipinski definition) is 3. The van der Waals surface area contributed by atoms with Crippen LogP contribution in [-0.4, -0.2) is 12.0 Å². The van der Waals surface area contributed by atoms with Gasteiger partial charge in [-0.05, 0) is 53.0 Å². The fraction of sp³-hybridized carbons (Fsp3) is 0.308. The van der Waals surface area contributed by atoms with E-state index in [9.17, 15) is 0 Å². The minimum absolute atomic E-state index is 0.318. The number of nitrogens with zero attached hydrogens (tertiary/aromatic N) is 1. The molecule has 2 heterocycles.